The van der Waals surface area contributed by atoms with Gasteiger partial charge in [0.25, 0.3) is 0 Å². The smallest absolute Gasteiger partial charge is 0.129 e. The van der Waals surface area contributed by atoms with E-state index in [1.165, 1.54) is 24.6 Å². The predicted octanol–water partition coefficient (Wildman–Crippen LogP) is 5.24. The first-order valence-corrected chi connectivity index (χ1v) is 6.35. The molecule has 2 aromatic rings. The van der Waals surface area contributed by atoms with E-state index in [-0.39, 0.29) is 11.0 Å². The molecule has 0 aromatic heterocycles. The normalized spacial score (nSPS) is 11.7. The summed E-state index contributed by atoms with van der Waals surface area (Å²) in [5.74, 6) is -1.01. The molecule has 0 saturated heterocycles. The van der Waals surface area contributed by atoms with Crippen LogP contribution >= 0.6 is 0 Å². The molecule has 0 atom stereocenters. The van der Waals surface area contributed by atoms with Crippen molar-refractivity contribution in [3.05, 3.63) is 59.2 Å². The molecule has 2 heteroatoms. The molecule has 0 bridgehead atoms. The van der Waals surface area contributed by atoms with Gasteiger partial charge in [0.2, 0.25) is 0 Å². The molecule has 0 radical (unpaired) electrons. The van der Waals surface area contributed by atoms with Crippen molar-refractivity contribution in [3.8, 4) is 11.1 Å². The van der Waals surface area contributed by atoms with Crippen molar-refractivity contribution >= 4 is 0 Å². The van der Waals surface area contributed by atoms with Gasteiger partial charge in [0, 0.05) is 5.56 Å². The second-order valence-electron chi connectivity index (χ2n) is 5.89. The highest BCUT2D eigenvalue weighted by molar-refractivity contribution is 5.64. The Morgan fingerprint density at radius 1 is 0.789 bits per heavy atom. The van der Waals surface area contributed by atoms with E-state index in [1.54, 1.807) is 0 Å². The SMILES string of the molecule is Cc1c(F)cc(-c2ccc(C(C)(C)C)cc2)cc1F. The fraction of sp³-hybridized carbons (Fsp3) is 0.294. The van der Waals surface area contributed by atoms with Crippen LogP contribution in [-0.2, 0) is 5.41 Å². The molecule has 0 unspecified atom stereocenters. The molecule has 0 saturated carbocycles. The lowest BCUT2D eigenvalue weighted by atomic mass is 9.86. The van der Waals surface area contributed by atoms with Gasteiger partial charge in [0.1, 0.15) is 11.6 Å². The first-order chi connectivity index (χ1) is 8.79. The van der Waals surface area contributed by atoms with Gasteiger partial charge in [0.05, 0.1) is 0 Å². The number of halogens is 2. The van der Waals surface area contributed by atoms with Crippen molar-refractivity contribution in [1.82, 2.24) is 0 Å². The maximum atomic E-state index is 13.6. The minimum absolute atomic E-state index is 0.0649. The standard InChI is InChI=1S/C17H18F2/c1-11-15(18)9-13(10-16(11)19)12-5-7-14(8-6-12)17(2,3)4/h5-10H,1-4H3. The van der Waals surface area contributed by atoms with E-state index in [9.17, 15) is 8.78 Å². The van der Waals surface area contributed by atoms with Gasteiger partial charge in [0.15, 0.2) is 0 Å². The second-order valence-corrected chi connectivity index (χ2v) is 5.89. The number of benzene rings is 2. The lowest BCUT2D eigenvalue weighted by Gasteiger charge is -2.19. The third kappa shape index (κ3) is 2.83. The van der Waals surface area contributed by atoms with E-state index in [1.807, 2.05) is 24.3 Å². The molecule has 0 heterocycles. The molecular weight excluding hydrogens is 242 g/mol. The van der Waals surface area contributed by atoms with Gasteiger partial charge < -0.3 is 0 Å². The molecule has 0 amide bonds. The van der Waals surface area contributed by atoms with Gasteiger partial charge in [-0.05, 0) is 41.2 Å². The molecule has 0 fully saturated rings. The van der Waals surface area contributed by atoms with Crippen molar-refractivity contribution in [2.24, 2.45) is 0 Å². The zero-order valence-electron chi connectivity index (χ0n) is 11.7. The lowest BCUT2D eigenvalue weighted by Crippen LogP contribution is -2.10. The molecule has 0 N–H and O–H groups in total. The molecule has 0 nitrogen and oxygen atoms in total. The molecule has 0 aliphatic rings. The van der Waals surface area contributed by atoms with E-state index in [4.69, 9.17) is 0 Å². The van der Waals surface area contributed by atoms with Gasteiger partial charge in [-0.3, -0.25) is 0 Å². The quantitative estimate of drug-likeness (QED) is 0.658. The van der Waals surface area contributed by atoms with Gasteiger partial charge >= 0.3 is 0 Å². The van der Waals surface area contributed by atoms with Crippen molar-refractivity contribution in [3.63, 3.8) is 0 Å². The number of hydrogen-bond donors (Lipinski definition) is 0. The maximum absolute atomic E-state index is 13.6. The van der Waals surface area contributed by atoms with Crippen LogP contribution in [-0.4, -0.2) is 0 Å². The van der Waals surface area contributed by atoms with E-state index in [2.05, 4.69) is 20.8 Å². The van der Waals surface area contributed by atoms with Gasteiger partial charge in [-0.15, -0.1) is 0 Å². The van der Waals surface area contributed by atoms with E-state index in [0.29, 0.717) is 5.56 Å². The summed E-state index contributed by atoms with van der Waals surface area (Å²) in [6, 6.07) is 10.6. The summed E-state index contributed by atoms with van der Waals surface area (Å²) in [4.78, 5) is 0. The first-order valence-electron chi connectivity index (χ1n) is 6.35. The summed E-state index contributed by atoms with van der Waals surface area (Å²) in [5.41, 5.74) is 2.73. The molecule has 0 spiro atoms. The zero-order valence-corrected chi connectivity index (χ0v) is 11.7. The third-order valence-corrected chi connectivity index (χ3v) is 3.37. The van der Waals surface area contributed by atoms with Gasteiger partial charge in [-0.2, -0.15) is 0 Å². The number of rotatable bonds is 1. The summed E-state index contributed by atoms with van der Waals surface area (Å²) in [6.07, 6.45) is 0. The van der Waals surface area contributed by atoms with Crippen LogP contribution in [0.5, 0.6) is 0 Å². The van der Waals surface area contributed by atoms with Crippen LogP contribution in [0.4, 0.5) is 8.78 Å². The Bertz CT molecular complexity index is 567. The Morgan fingerprint density at radius 3 is 1.68 bits per heavy atom. The van der Waals surface area contributed by atoms with E-state index in [0.717, 1.165) is 5.56 Å². The summed E-state index contributed by atoms with van der Waals surface area (Å²) in [7, 11) is 0. The predicted molar refractivity (Wildman–Crippen MR) is 75.2 cm³/mol. The summed E-state index contributed by atoms with van der Waals surface area (Å²) < 4.78 is 27.1. The zero-order chi connectivity index (χ0) is 14.2. The van der Waals surface area contributed by atoms with Crippen LogP contribution in [0.2, 0.25) is 0 Å². The molecule has 2 aromatic carbocycles. The highest BCUT2D eigenvalue weighted by Crippen LogP contribution is 2.27. The van der Waals surface area contributed by atoms with Crippen LogP contribution in [0.25, 0.3) is 11.1 Å². The molecule has 0 aliphatic carbocycles. The fourth-order valence-electron chi connectivity index (χ4n) is 1.97. The minimum Gasteiger partial charge on any atom is -0.207 e. The third-order valence-electron chi connectivity index (χ3n) is 3.37. The Hall–Kier alpha value is -1.70. The van der Waals surface area contributed by atoms with Crippen molar-refractivity contribution < 1.29 is 8.78 Å². The highest BCUT2D eigenvalue weighted by atomic mass is 19.1. The van der Waals surface area contributed by atoms with Crippen LogP contribution in [0.3, 0.4) is 0 Å². The molecule has 2 rings (SSSR count). The van der Waals surface area contributed by atoms with Crippen LogP contribution in [0, 0.1) is 18.6 Å². The van der Waals surface area contributed by atoms with Crippen LogP contribution < -0.4 is 0 Å². The summed E-state index contributed by atoms with van der Waals surface area (Å²) in [6.45, 7) is 7.84. The molecule has 100 valence electrons. The van der Waals surface area contributed by atoms with Crippen molar-refractivity contribution in [1.29, 1.82) is 0 Å². The van der Waals surface area contributed by atoms with E-state index >= 15 is 0 Å². The topological polar surface area (TPSA) is 0 Å². The largest absolute Gasteiger partial charge is 0.207 e. The average molecular weight is 260 g/mol. The maximum Gasteiger partial charge on any atom is 0.129 e. The number of hydrogen-bond acceptors (Lipinski definition) is 0. The van der Waals surface area contributed by atoms with Crippen molar-refractivity contribution in [2.75, 3.05) is 0 Å². The summed E-state index contributed by atoms with van der Waals surface area (Å²) >= 11 is 0. The van der Waals surface area contributed by atoms with Gasteiger partial charge in [-0.25, -0.2) is 8.78 Å². The summed E-state index contributed by atoms with van der Waals surface area (Å²) in [5, 5.41) is 0. The minimum atomic E-state index is -0.505. The molecular formula is C17H18F2. The van der Waals surface area contributed by atoms with Gasteiger partial charge in [-0.1, -0.05) is 45.0 Å². The van der Waals surface area contributed by atoms with Crippen LogP contribution in [0.15, 0.2) is 36.4 Å². The Kier molecular flexibility index (Phi) is 3.44. The lowest BCUT2D eigenvalue weighted by molar-refractivity contribution is 0.569. The average Bonchev–Trinajstić information content (AvgIpc) is 2.34. The fourth-order valence-corrected chi connectivity index (χ4v) is 1.97. The second kappa shape index (κ2) is 4.76. The molecule has 19 heavy (non-hydrogen) atoms. The van der Waals surface area contributed by atoms with Crippen molar-refractivity contribution in [2.45, 2.75) is 33.1 Å². The van der Waals surface area contributed by atoms with Crippen LogP contribution in [0.1, 0.15) is 31.9 Å². The van der Waals surface area contributed by atoms with E-state index < -0.39 is 11.6 Å². The highest BCUT2D eigenvalue weighted by Gasteiger charge is 2.14. The first kappa shape index (κ1) is 13.7. The Labute approximate surface area is 113 Å². The Morgan fingerprint density at radius 2 is 1.26 bits per heavy atom. The Balaban J connectivity index is 2.43. The molecule has 0 aliphatic heterocycles. The monoisotopic (exact) mass is 260 g/mol.